The van der Waals surface area contributed by atoms with Gasteiger partial charge in [0.1, 0.15) is 15.3 Å². The summed E-state index contributed by atoms with van der Waals surface area (Å²) in [7, 11) is 1.69. The number of hydrogen-bond donors (Lipinski definition) is 1. The fourth-order valence-corrected chi connectivity index (χ4v) is 5.80. The average Bonchev–Trinajstić information content (AvgIpc) is 3.20. The van der Waals surface area contributed by atoms with Crippen LogP contribution < -0.4 is 10.4 Å². The quantitative estimate of drug-likeness (QED) is 0.704. The molecule has 1 spiro atoms. The molecule has 136 valence electrons. The number of halogens is 2. The summed E-state index contributed by atoms with van der Waals surface area (Å²) in [6.45, 7) is 0.684. The summed E-state index contributed by atoms with van der Waals surface area (Å²) in [5.74, 6) is 0. The molecule has 4 rings (SSSR count). The first-order valence-electron chi connectivity index (χ1n) is 8.01. The third-order valence-corrected chi connectivity index (χ3v) is 7.79. The van der Waals surface area contributed by atoms with Crippen LogP contribution in [-0.4, -0.2) is 30.5 Å². The van der Waals surface area contributed by atoms with Crippen molar-refractivity contribution < 1.29 is 4.84 Å². The predicted octanol–water partition coefficient (Wildman–Crippen LogP) is 5.47. The number of hydrogen-bond acceptors (Lipinski definition) is 6. The van der Waals surface area contributed by atoms with Gasteiger partial charge < -0.3 is 5.32 Å². The zero-order chi connectivity index (χ0) is 18.3. The van der Waals surface area contributed by atoms with E-state index in [0.29, 0.717) is 16.6 Å². The summed E-state index contributed by atoms with van der Waals surface area (Å²) in [4.78, 5) is 10.5. The molecule has 2 aromatic carbocycles. The number of nitrogens with zero attached hydrogens (tertiary/aromatic N) is 2. The molecule has 0 fully saturated rings. The van der Waals surface area contributed by atoms with Gasteiger partial charge in [-0.2, -0.15) is 0 Å². The maximum absolute atomic E-state index is 6.21. The van der Waals surface area contributed by atoms with Gasteiger partial charge in [-0.25, -0.2) is 5.06 Å². The van der Waals surface area contributed by atoms with Gasteiger partial charge in [0, 0.05) is 11.3 Å². The van der Waals surface area contributed by atoms with E-state index >= 15 is 0 Å². The molecule has 2 aliphatic heterocycles. The monoisotopic (exact) mass is 425 g/mol. The van der Waals surface area contributed by atoms with Crippen molar-refractivity contribution in [3.8, 4) is 0 Å². The molecule has 0 aliphatic carbocycles. The number of thioether (sulfide) groups is 2. The highest BCUT2D eigenvalue weighted by Crippen LogP contribution is 2.56. The highest BCUT2D eigenvalue weighted by Gasteiger charge is 2.55. The number of fused-ring (bicyclic) bond motifs is 2. The normalized spacial score (nSPS) is 24.1. The van der Waals surface area contributed by atoms with E-state index in [0.717, 1.165) is 15.8 Å². The lowest BCUT2D eigenvalue weighted by molar-refractivity contribution is 0.145. The second-order valence-electron chi connectivity index (χ2n) is 5.98. The molecule has 0 saturated heterocycles. The molecular weight excluding hydrogens is 409 g/mol. The van der Waals surface area contributed by atoms with Crippen LogP contribution in [0.4, 0.5) is 11.4 Å². The Kier molecular flexibility index (Phi) is 5.05. The van der Waals surface area contributed by atoms with Gasteiger partial charge in [-0.15, -0.1) is 11.8 Å². The first-order valence-corrected chi connectivity index (χ1v) is 10.8. The minimum Gasteiger partial charge on any atom is -0.362 e. The molecule has 0 radical (unpaired) electrons. The van der Waals surface area contributed by atoms with Gasteiger partial charge in [0.25, 0.3) is 0 Å². The van der Waals surface area contributed by atoms with Crippen LogP contribution >= 0.6 is 46.7 Å². The Bertz CT molecular complexity index is 879. The van der Waals surface area contributed by atoms with Crippen molar-refractivity contribution in [3.05, 3.63) is 58.1 Å². The molecule has 1 unspecified atom stereocenters. The summed E-state index contributed by atoms with van der Waals surface area (Å²) in [5, 5.41) is 6.56. The topological polar surface area (TPSA) is 36.9 Å². The summed E-state index contributed by atoms with van der Waals surface area (Å²) in [6, 6.07) is 13.9. The molecule has 2 aromatic rings. The van der Waals surface area contributed by atoms with E-state index in [2.05, 4.69) is 29.8 Å². The van der Waals surface area contributed by atoms with E-state index in [1.54, 1.807) is 36.7 Å². The summed E-state index contributed by atoms with van der Waals surface area (Å²) < 4.78 is 0.815. The Morgan fingerprint density at radius 2 is 2.08 bits per heavy atom. The van der Waals surface area contributed by atoms with Gasteiger partial charge in [0.2, 0.25) is 0 Å². The van der Waals surface area contributed by atoms with Crippen LogP contribution in [0.5, 0.6) is 0 Å². The van der Waals surface area contributed by atoms with Crippen molar-refractivity contribution in [2.45, 2.75) is 10.9 Å². The number of benzene rings is 2. The lowest BCUT2D eigenvalue weighted by Gasteiger charge is -2.35. The largest absolute Gasteiger partial charge is 0.362 e. The number of hydroxylamine groups is 1. The van der Waals surface area contributed by atoms with Gasteiger partial charge in [-0.3, -0.25) is 9.83 Å². The predicted molar refractivity (Wildman–Crippen MR) is 115 cm³/mol. The van der Waals surface area contributed by atoms with Gasteiger partial charge in [0.15, 0.2) is 0 Å². The minimum atomic E-state index is -0.267. The highest BCUT2D eigenvalue weighted by atomic mass is 35.5. The Morgan fingerprint density at radius 1 is 1.27 bits per heavy atom. The lowest BCUT2D eigenvalue weighted by Crippen LogP contribution is -2.48. The lowest BCUT2D eigenvalue weighted by atomic mass is 9.97. The zero-order valence-electron chi connectivity index (χ0n) is 14.2. The summed E-state index contributed by atoms with van der Waals surface area (Å²) in [5.41, 5.74) is 3.16. The molecular formula is C18H17Cl2N3OS2. The van der Waals surface area contributed by atoms with Gasteiger partial charge >= 0.3 is 0 Å². The van der Waals surface area contributed by atoms with Crippen LogP contribution in [0.2, 0.25) is 10.0 Å². The Morgan fingerprint density at radius 3 is 2.77 bits per heavy atom. The Hall–Kier alpha value is -1.05. The fraction of sp³-hybridized carbons (Fsp3) is 0.278. The van der Waals surface area contributed by atoms with Crippen molar-refractivity contribution in [1.29, 1.82) is 0 Å². The standard InChI is InChI=1S/C18H17Cl2N3OS2/c1-24-23-15-6-4-3-5-12(15)18(10-21-17(25-2)26-18)16(23)22-11-7-8-13(19)14(20)9-11/h3-9,16,22H,10H2,1-2H3/t16?,18-/m0/s1. The maximum atomic E-state index is 6.21. The highest BCUT2D eigenvalue weighted by molar-refractivity contribution is 8.39. The van der Waals surface area contributed by atoms with Crippen LogP contribution in [-0.2, 0) is 9.58 Å². The van der Waals surface area contributed by atoms with Crippen molar-refractivity contribution in [1.82, 2.24) is 0 Å². The third-order valence-electron chi connectivity index (χ3n) is 4.58. The summed E-state index contributed by atoms with van der Waals surface area (Å²) in [6.07, 6.45) is 1.92. The fourth-order valence-electron chi connectivity index (χ4n) is 3.41. The van der Waals surface area contributed by atoms with Crippen LogP contribution in [0.3, 0.4) is 0 Å². The molecule has 0 aromatic heterocycles. The van der Waals surface area contributed by atoms with Gasteiger partial charge in [-0.1, -0.05) is 53.2 Å². The van der Waals surface area contributed by atoms with E-state index in [1.165, 1.54) is 5.56 Å². The van der Waals surface area contributed by atoms with Crippen molar-refractivity contribution in [3.63, 3.8) is 0 Å². The smallest absolute Gasteiger partial charge is 0.146 e. The van der Waals surface area contributed by atoms with Crippen molar-refractivity contribution in [2.24, 2.45) is 4.99 Å². The Labute approximate surface area is 171 Å². The summed E-state index contributed by atoms with van der Waals surface area (Å²) >= 11 is 15.7. The van der Waals surface area contributed by atoms with Gasteiger partial charge in [0.05, 0.1) is 29.4 Å². The number of anilines is 2. The van der Waals surface area contributed by atoms with E-state index in [-0.39, 0.29) is 10.9 Å². The molecule has 0 amide bonds. The molecule has 8 heteroatoms. The molecule has 4 nitrogen and oxygen atoms in total. The number of para-hydroxylation sites is 1. The SMILES string of the molecule is CON1c2ccccc2[C@@]2(CN=C(SC)S2)C1Nc1ccc(Cl)c(Cl)c1. The number of nitrogens with one attached hydrogen (secondary N) is 1. The molecule has 2 atom stereocenters. The van der Waals surface area contributed by atoms with Crippen LogP contribution in [0.15, 0.2) is 47.5 Å². The molecule has 0 saturated carbocycles. The van der Waals surface area contributed by atoms with Crippen LogP contribution in [0.25, 0.3) is 0 Å². The van der Waals surface area contributed by atoms with Crippen LogP contribution in [0, 0.1) is 0 Å². The van der Waals surface area contributed by atoms with Gasteiger partial charge in [-0.05, 0) is 30.5 Å². The zero-order valence-corrected chi connectivity index (χ0v) is 17.3. The van der Waals surface area contributed by atoms with Crippen LogP contribution in [0.1, 0.15) is 5.56 Å². The molecule has 2 aliphatic rings. The number of rotatable bonds is 3. The molecule has 2 heterocycles. The maximum Gasteiger partial charge on any atom is 0.146 e. The van der Waals surface area contributed by atoms with Crippen molar-refractivity contribution in [2.75, 3.05) is 30.3 Å². The second kappa shape index (κ2) is 7.17. The van der Waals surface area contributed by atoms with E-state index < -0.39 is 0 Å². The molecule has 1 N–H and O–H groups in total. The number of aliphatic imine (C=N–C) groups is 1. The first-order chi connectivity index (χ1) is 12.6. The van der Waals surface area contributed by atoms with E-state index in [9.17, 15) is 0 Å². The average molecular weight is 426 g/mol. The van der Waals surface area contributed by atoms with E-state index in [4.69, 9.17) is 33.0 Å². The first kappa shape index (κ1) is 18.3. The molecule has 0 bridgehead atoms. The second-order valence-corrected chi connectivity index (χ2v) is 9.17. The van der Waals surface area contributed by atoms with Crippen molar-refractivity contribution >= 4 is 62.5 Å². The Balaban J connectivity index is 1.77. The molecule has 26 heavy (non-hydrogen) atoms. The van der Waals surface area contributed by atoms with E-state index in [1.807, 2.05) is 23.3 Å². The third kappa shape index (κ3) is 2.88. The minimum absolute atomic E-state index is 0.138.